The van der Waals surface area contributed by atoms with Crippen LogP contribution in [0.2, 0.25) is 0 Å². The lowest BCUT2D eigenvalue weighted by atomic mass is 10.2. The van der Waals surface area contributed by atoms with Gasteiger partial charge in [0, 0.05) is 6.92 Å². The number of methoxy groups -OCH3 is 1. The molecule has 19 heavy (non-hydrogen) atoms. The number of hydrogen-bond acceptors (Lipinski definition) is 6. The van der Waals surface area contributed by atoms with Gasteiger partial charge in [-0.1, -0.05) is 0 Å². The lowest BCUT2D eigenvalue weighted by Crippen LogP contribution is -2.22. The molecule has 0 spiro atoms. The lowest BCUT2D eigenvalue weighted by Gasteiger charge is -2.09. The van der Waals surface area contributed by atoms with Crippen molar-refractivity contribution in [2.75, 3.05) is 24.7 Å². The van der Waals surface area contributed by atoms with Crippen molar-refractivity contribution < 1.29 is 27.5 Å². The first-order valence-corrected chi connectivity index (χ1v) is 5.81. The van der Waals surface area contributed by atoms with Crippen LogP contribution < -0.4 is 11.1 Å². The average molecular weight is 296 g/mol. The maximum atomic E-state index is 12.1. The van der Waals surface area contributed by atoms with Crippen molar-refractivity contribution in [2.45, 2.75) is 13.1 Å². The van der Waals surface area contributed by atoms with Crippen molar-refractivity contribution in [1.82, 2.24) is 0 Å². The highest BCUT2D eigenvalue weighted by Crippen LogP contribution is 2.37. The zero-order valence-electron chi connectivity index (χ0n) is 10.1. The largest absolute Gasteiger partial charge is 0.465 e. The first-order chi connectivity index (χ1) is 8.67. The van der Waals surface area contributed by atoms with Gasteiger partial charge in [0.1, 0.15) is 17.1 Å². The normalized spacial score (nSPS) is 11.2. The number of carbonyl (C=O) groups excluding carboxylic acids is 2. The van der Waals surface area contributed by atoms with Crippen LogP contribution >= 0.6 is 11.3 Å². The van der Waals surface area contributed by atoms with Crippen LogP contribution in [0.1, 0.15) is 27.0 Å². The topological polar surface area (TPSA) is 81.4 Å². The fourth-order valence-electron chi connectivity index (χ4n) is 1.32. The molecule has 0 atom stereocenters. The van der Waals surface area contributed by atoms with Crippen LogP contribution in [0.5, 0.6) is 0 Å². The number of esters is 1. The van der Waals surface area contributed by atoms with Gasteiger partial charge in [0.15, 0.2) is 5.78 Å². The minimum atomic E-state index is -4.46. The molecule has 106 valence electrons. The fraction of sp³-hybridized carbons (Fsp3) is 0.400. The van der Waals surface area contributed by atoms with E-state index in [1.165, 1.54) is 6.92 Å². The second-order valence-electron chi connectivity index (χ2n) is 3.57. The predicted octanol–water partition coefficient (Wildman–Crippen LogP) is 2.29. The van der Waals surface area contributed by atoms with Gasteiger partial charge in [-0.05, 0) is 0 Å². The van der Waals surface area contributed by atoms with Crippen LogP contribution in [0.3, 0.4) is 0 Å². The van der Waals surface area contributed by atoms with E-state index in [2.05, 4.69) is 4.74 Å². The van der Waals surface area contributed by atoms with Crippen molar-refractivity contribution >= 4 is 33.8 Å². The van der Waals surface area contributed by atoms with E-state index in [0.29, 0.717) is 11.3 Å². The van der Waals surface area contributed by atoms with Gasteiger partial charge < -0.3 is 15.8 Å². The van der Waals surface area contributed by atoms with Gasteiger partial charge in [0.05, 0.1) is 17.7 Å². The Labute approximate surface area is 110 Å². The number of Topliss-reactive ketones (excluding diaryl/α,β-unsaturated/α-hetero) is 1. The minimum Gasteiger partial charge on any atom is -0.465 e. The number of hydrogen-bond donors (Lipinski definition) is 2. The molecule has 1 aromatic heterocycles. The fourth-order valence-corrected chi connectivity index (χ4v) is 2.31. The Morgan fingerprint density at radius 3 is 2.42 bits per heavy atom. The smallest absolute Gasteiger partial charge is 0.405 e. The first kappa shape index (κ1) is 15.3. The Hall–Kier alpha value is -1.77. The number of ether oxygens (including phenoxy) is 1. The summed E-state index contributed by atoms with van der Waals surface area (Å²) in [4.78, 5) is 22.8. The monoisotopic (exact) mass is 296 g/mol. The molecule has 1 aromatic rings. The van der Waals surface area contributed by atoms with E-state index >= 15 is 0 Å². The Balaban J connectivity index is 3.18. The Morgan fingerprint density at radius 1 is 1.42 bits per heavy atom. The molecule has 0 bridgehead atoms. The van der Waals surface area contributed by atoms with Gasteiger partial charge in [-0.2, -0.15) is 13.2 Å². The highest BCUT2D eigenvalue weighted by atomic mass is 32.1. The third-order valence-electron chi connectivity index (χ3n) is 2.10. The molecule has 0 amide bonds. The van der Waals surface area contributed by atoms with E-state index < -0.39 is 24.5 Å². The number of nitrogen functional groups attached to an aromatic ring is 1. The molecular formula is C10H11F3N2O3S. The summed E-state index contributed by atoms with van der Waals surface area (Å²) in [5.74, 6) is -1.33. The van der Waals surface area contributed by atoms with Crippen molar-refractivity contribution in [3.63, 3.8) is 0 Å². The quantitative estimate of drug-likeness (QED) is 0.658. The Morgan fingerprint density at radius 2 is 2.00 bits per heavy atom. The molecule has 0 aliphatic rings. The van der Waals surface area contributed by atoms with E-state index in [9.17, 15) is 22.8 Å². The maximum absolute atomic E-state index is 12.1. The number of halogens is 3. The molecule has 9 heteroatoms. The number of carbonyl (C=O) groups is 2. The van der Waals surface area contributed by atoms with Crippen LogP contribution in [0.25, 0.3) is 0 Å². The van der Waals surface area contributed by atoms with Crippen LogP contribution in [0.15, 0.2) is 0 Å². The molecule has 3 N–H and O–H groups in total. The average Bonchev–Trinajstić information content (AvgIpc) is 2.62. The van der Waals surface area contributed by atoms with Crippen LogP contribution in [-0.4, -0.2) is 31.6 Å². The summed E-state index contributed by atoms with van der Waals surface area (Å²) in [6.45, 7) is -0.134. The molecule has 0 fully saturated rings. The third kappa shape index (κ3) is 3.60. The molecule has 0 saturated heterocycles. The van der Waals surface area contributed by atoms with Gasteiger partial charge >= 0.3 is 12.1 Å². The van der Waals surface area contributed by atoms with E-state index in [4.69, 9.17) is 5.73 Å². The van der Waals surface area contributed by atoms with Crippen molar-refractivity contribution in [3.05, 3.63) is 10.4 Å². The molecule has 0 aliphatic carbocycles. The number of ketones is 1. The second kappa shape index (κ2) is 5.47. The van der Waals surface area contributed by atoms with Gasteiger partial charge in [-0.3, -0.25) is 4.79 Å². The molecule has 1 heterocycles. The van der Waals surface area contributed by atoms with E-state index in [1.807, 2.05) is 5.32 Å². The number of anilines is 2. The summed E-state index contributed by atoms with van der Waals surface area (Å²) in [7, 11) is 1.07. The molecule has 0 radical (unpaired) electrons. The van der Waals surface area contributed by atoms with Crippen molar-refractivity contribution in [1.29, 1.82) is 0 Å². The van der Waals surface area contributed by atoms with Gasteiger partial charge in [-0.25, -0.2) is 4.79 Å². The molecular weight excluding hydrogens is 285 g/mol. The zero-order chi connectivity index (χ0) is 14.8. The van der Waals surface area contributed by atoms with Gasteiger partial charge in [0.25, 0.3) is 0 Å². The Kier molecular flexibility index (Phi) is 4.40. The first-order valence-electron chi connectivity index (χ1n) is 4.99. The third-order valence-corrected chi connectivity index (χ3v) is 3.37. The summed E-state index contributed by atoms with van der Waals surface area (Å²) in [5.41, 5.74) is 5.17. The molecule has 5 nitrogen and oxygen atoms in total. The molecule has 0 aromatic carbocycles. The molecule has 1 rings (SSSR count). The van der Waals surface area contributed by atoms with Gasteiger partial charge in [0.2, 0.25) is 0 Å². The SMILES string of the molecule is COC(=O)c1c(NCC(F)(F)F)sc(C(C)=O)c1N. The summed E-state index contributed by atoms with van der Waals surface area (Å²) in [6.07, 6.45) is -4.46. The van der Waals surface area contributed by atoms with Crippen LogP contribution in [0.4, 0.5) is 23.9 Å². The van der Waals surface area contributed by atoms with Crippen LogP contribution in [0, 0.1) is 0 Å². The van der Waals surface area contributed by atoms with Gasteiger partial charge in [-0.15, -0.1) is 11.3 Å². The van der Waals surface area contributed by atoms with E-state index in [-0.39, 0.29) is 21.1 Å². The van der Waals surface area contributed by atoms with E-state index in [0.717, 1.165) is 7.11 Å². The maximum Gasteiger partial charge on any atom is 0.405 e. The highest BCUT2D eigenvalue weighted by Gasteiger charge is 2.30. The van der Waals surface area contributed by atoms with E-state index in [1.54, 1.807) is 0 Å². The van der Waals surface area contributed by atoms with Crippen molar-refractivity contribution in [2.24, 2.45) is 0 Å². The number of nitrogens with two attached hydrogens (primary N) is 1. The molecule has 0 unspecified atom stereocenters. The van der Waals surface area contributed by atoms with Crippen LogP contribution in [-0.2, 0) is 4.74 Å². The summed E-state index contributed by atoms with van der Waals surface area (Å²) >= 11 is 0.692. The number of alkyl halides is 3. The number of nitrogens with one attached hydrogen (secondary N) is 1. The Bertz CT molecular complexity index is 511. The number of thiophene rings is 1. The van der Waals surface area contributed by atoms with Crippen molar-refractivity contribution in [3.8, 4) is 0 Å². The summed E-state index contributed by atoms with van der Waals surface area (Å²) < 4.78 is 40.9. The summed E-state index contributed by atoms with van der Waals surface area (Å²) in [5, 5.41) is 1.91. The summed E-state index contributed by atoms with van der Waals surface area (Å²) in [6, 6.07) is 0. The number of rotatable bonds is 4. The predicted molar refractivity (Wildman–Crippen MR) is 64.6 cm³/mol. The molecule has 0 saturated carbocycles. The standard InChI is InChI=1S/C10H11F3N2O3S/c1-4(16)7-6(14)5(9(17)18-2)8(19-7)15-3-10(11,12)13/h15H,3,14H2,1-2H3. The highest BCUT2D eigenvalue weighted by molar-refractivity contribution is 7.19. The second-order valence-corrected chi connectivity index (χ2v) is 4.59. The molecule has 0 aliphatic heterocycles. The lowest BCUT2D eigenvalue weighted by molar-refractivity contribution is -0.115. The zero-order valence-corrected chi connectivity index (χ0v) is 10.9. The minimum absolute atomic E-state index is 0.0186.